The smallest absolute Gasteiger partial charge is 0.241 e. The Balaban J connectivity index is 4.07. The summed E-state index contributed by atoms with van der Waals surface area (Å²) in [5.74, 6) is -0.402. The number of rotatable bonds is 5. The van der Waals surface area contributed by atoms with E-state index in [0.717, 1.165) is 0 Å². The highest BCUT2D eigenvalue weighted by molar-refractivity contribution is 5.89. The molecule has 88 valence electrons. The van der Waals surface area contributed by atoms with E-state index in [4.69, 9.17) is 5.73 Å². The van der Waals surface area contributed by atoms with Gasteiger partial charge >= 0.3 is 0 Å². The molecule has 0 bridgehead atoms. The molecule has 0 aliphatic heterocycles. The summed E-state index contributed by atoms with van der Waals surface area (Å²) in [6.07, 6.45) is 0.538. The van der Waals surface area contributed by atoms with Gasteiger partial charge in [0.05, 0.1) is 12.1 Å². The van der Waals surface area contributed by atoms with Crippen molar-refractivity contribution < 1.29 is 9.59 Å². The summed E-state index contributed by atoms with van der Waals surface area (Å²) in [7, 11) is 1.69. The molecule has 0 saturated carbocycles. The minimum Gasteiger partial charge on any atom is -0.345 e. The van der Waals surface area contributed by atoms with Gasteiger partial charge in [0.2, 0.25) is 11.8 Å². The van der Waals surface area contributed by atoms with Gasteiger partial charge < -0.3 is 16.0 Å². The van der Waals surface area contributed by atoms with Crippen molar-refractivity contribution in [3.05, 3.63) is 0 Å². The minimum absolute atomic E-state index is 0.00988. The highest BCUT2D eigenvalue weighted by Gasteiger charge is 2.26. The molecule has 15 heavy (non-hydrogen) atoms. The fraction of sp³-hybridized carbons (Fsp3) is 0.800. The van der Waals surface area contributed by atoms with Crippen LogP contribution in [0.25, 0.3) is 0 Å². The van der Waals surface area contributed by atoms with Gasteiger partial charge in [-0.25, -0.2) is 0 Å². The number of hydrogen-bond donors (Lipinski definition) is 2. The average Bonchev–Trinajstić information content (AvgIpc) is 2.23. The second kappa shape index (κ2) is 5.70. The van der Waals surface area contributed by atoms with Gasteiger partial charge in [-0.15, -0.1) is 0 Å². The lowest BCUT2D eigenvalue weighted by molar-refractivity contribution is -0.133. The number of nitrogens with one attached hydrogen (secondary N) is 1. The van der Waals surface area contributed by atoms with Crippen molar-refractivity contribution in [3.8, 4) is 0 Å². The molecule has 0 aromatic rings. The summed E-state index contributed by atoms with van der Waals surface area (Å²) >= 11 is 0. The molecule has 2 amide bonds. The fourth-order valence-corrected chi connectivity index (χ4v) is 0.830. The predicted octanol–water partition coefficient (Wildman–Crippen LogP) is -0.292. The Morgan fingerprint density at radius 3 is 2.33 bits per heavy atom. The highest BCUT2D eigenvalue weighted by Crippen LogP contribution is 2.03. The van der Waals surface area contributed by atoms with E-state index in [0.29, 0.717) is 13.0 Å². The average molecular weight is 215 g/mol. The van der Waals surface area contributed by atoms with Crippen LogP contribution in [0.3, 0.4) is 0 Å². The second-order valence-electron chi connectivity index (χ2n) is 3.86. The zero-order chi connectivity index (χ0) is 12.1. The molecule has 1 atom stereocenters. The van der Waals surface area contributed by atoms with Crippen molar-refractivity contribution in [2.24, 2.45) is 5.73 Å². The fourth-order valence-electron chi connectivity index (χ4n) is 0.830. The van der Waals surface area contributed by atoms with Crippen LogP contribution in [-0.2, 0) is 9.59 Å². The summed E-state index contributed by atoms with van der Waals surface area (Å²) in [5, 5.41) is 2.53. The molecule has 0 aromatic carbocycles. The van der Waals surface area contributed by atoms with Gasteiger partial charge in [0.1, 0.15) is 0 Å². The van der Waals surface area contributed by atoms with Crippen LogP contribution in [0.2, 0.25) is 0 Å². The molecule has 0 rings (SSSR count). The number of carbonyl (C=O) groups is 2. The number of amides is 2. The number of carbonyl (C=O) groups excluding carboxylic acids is 2. The Bertz CT molecular complexity index is 239. The first-order valence-electron chi connectivity index (χ1n) is 5.16. The van der Waals surface area contributed by atoms with Gasteiger partial charge in [0.25, 0.3) is 0 Å². The molecule has 5 heteroatoms. The van der Waals surface area contributed by atoms with Crippen LogP contribution >= 0.6 is 0 Å². The first kappa shape index (κ1) is 13.9. The van der Waals surface area contributed by atoms with Crippen LogP contribution in [0.5, 0.6) is 0 Å². The molecular formula is C10H21N3O2. The quantitative estimate of drug-likeness (QED) is 0.661. The lowest BCUT2D eigenvalue weighted by Crippen LogP contribution is -2.53. The van der Waals surface area contributed by atoms with Crippen molar-refractivity contribution in [3.63, 3.8) is 0 Å². The van der Waals surface area contributed by atoms with Gasteiger partial charge in [-0.3, -0.25) is 9.59 Å². The Morgan fingerprint density at radius 2 is 1.93 bits per heavy atom. The van der Waals surface area contributed by atoms with E-state index >= 15 is 0 Å². The Hall–Kier alpha value is -1.10. The lowest BCUT2D eigenvalue weighted by atomic mass is 10.00. The maximum absolute atomic E-state index is 11.5. The van der Waals surface area contributed by atoms with Crippen molar-refractivity contribution in [2.75, 3.05) is 20.1 Å². The van der Waals surface area contributed by atoms with Crippen molar-refractivity contribution in [1.82, 2.24) is 10.2 Å². The van der Waals surface area contributed by atoms with E-state index in [9.17, 15) is 9.59 Å². The minimum atomic E-state index is -0.898. The molecule has 5 nitrogen and oxygen atoms in total. The van der Waals surface area contributed by atoms with Gasteiger partial charge in [0, 0.05) is 13.6 Å². The zero-order valence-corrected chi connectivity index (χ0v) is 9.96. The molecule has 3 N–H and O–H groups in total. The first-order chi connectivity index (χ1) is 6.85. The maximum Gasteiger partial charge on any atom is 0.241 e. The van der Waals surface area contributed by atoms with Gasteiger partial charge in [-0.05, 0) is 20.3 Å². The molecule has 0 spiro atoms. The third-order valence-corrected chi connectivity index (χ3v) is 2.55. The molecule has 0 aliphatic carbocycles. The normalized spacial score (nSPS) is 14.2. The molecule has 0 fully saturated rings. The standard InChI is InChI=1S/C10H21N3O2/c1-5-10(3,11)9(15)12-7-8(14)13(4)6-2/h5-7,11H2,1-4H3,(H,12,15). The number of nitrogens with zero attached hydrogens (tertiary/aromatic N) is 1. The Labute approximate surface area is 91.0 Å². The van der Waals surface area contributed by atoms with Crippen molar-refractivity contribution in [2.45, 2.75) is 32.7 Å². The number of hydrogen-bond acceptors (Lipinski definition) is 3. The van der Waals surface area contributed by atoms with Gasteiger partial charge in [-0.1, -0.05) is 6.92 Å². The number of nitrogens with two attached hydrogens (primary N) is 1. The van der Waals surface area contributed by atoms with Crippen molar-refractivity contribution >= 4 is 11.8 Å². The van der Waals surface area contributed by atoms with E-state index in [1.165, 1.54) is 0 Å². The van der Waals surface area contributed by atoms with Crippen LogP contribution < -0.4 is 11.1 Å². The summed E-state index contributed by atoms with van der Waals surface area (Å²) in [6, 6.07) is 0. The van der Waals surface area contributed by atoms with E-state index in [-0.39, 0.29) is 18.4 Å². The van der Waals surface area contributed by atoms with E-state index in [1.807, 2.05) is 13.8 Å². The van der Waals surface area contributed by atoms with Crippen LogP contribution in [-0.4, -0.2) is 42.4 Å². The summed E-state index contributed by atoms with van der Waals surface area (Å²) < 4.78 is 0. The molecule has 0 aromatic heterocycles. The van der Waals surface area contributed by atoms with Crippen LogP contribution in [0, 0.1) is 0 Å². The largest absolute Gasteiger partial charge is 0.345 e. The monoisotopic (exact) mass is 215 g/mol. The maximum atomic E-state index is 11.5. The Kier molecular flexibility index (Phi) is 5.28. The van der Waals surface area contributed by atoms with Crippen LogP contribution in [0.4, 0.5) is 0 Å². The topological polar surface area (TPSA) is 75.4 Å². The first-order valence-corrected chi connectivity index (χ1v) is 5.16. The summed E-state index contributed by atoms with van der Waals surface area (Å²) in [4.78, 5) is 24.4. The third-order valence-electron chi connectivity index (χ3n) is 2.55. The zero-order valence-electron chi connectivity index (χ0n) is 9.96. The Morgan fingerprint density at radius 1 is 1.40 bits per heavy atom. The second-order valence-corrected chi connectivity index (χ2v) is 3.86. The van der Waals surface area contributed by atoms with Crippen molar-refractivity contribution in [1.29, 1.82) is 0 Å². The number of likely N-dealkylation sites (N-methyl/N-ethyl adjacent to an activating group) is 1. The third kappa shape index (κ3) is 4.29. The summed E-state index contributed by atoms with van der Waals surface area (Å²) in [5.41, 5.74) is 4.82. The highest BCUT2D eigenvalue weighted by atomic mass is 16.2. The SMILES string of the molecule is CCN(C)C(=O)CNC(=O)C(C)(N)CC. The lowest BCUT2D eigenvalue weighted by Gasteiger charge is -2.22. The molecule has 0 aliphatic rings. The summed E-state index contributed by atoms with van der Waals surface area (Å²) in [6.45, 7) is 5.99. The predicted molar refractivity (Wildman–Crippen MR) is 59.2 cm³/mol. The van der Waals surface area contributed by atoms with Crippen LogP contribution in [0.1, 0.15) is 27.2 Å². The molecule has 1 unspecified atom stereocenters. The van der Waals surface area contributed by atoms with E-state index in [2.05, 4.69) is 5.32 Å². The molecule has 0 radical (unpaired) electrons. The molecular weight excluding hydrogens is 194 g/mol. The molecule has 0 heterocycles. The van der Waals surface area contributed by atoms with Crippen LogP contribution in [0.15, 0.2) is 0 Å². The molecule has 0 saturated heterocycles. The van der Waals surface area contributed by atoms with E-state index < -0.39 is 5.54 Å². The van der Waals surface area contributed by atoms with Gasteiger partial charge in [-0.2, -0.15) is 0 Å². The van der Waals surface area contributed by atoms with E-state index in [1.54, 1.807) is 18.9 Å². The van der Waals surface area contributed by atoms with Gasteiger partial charge in [0.15, 0.2) is 0 Å².